The third kappa shape index (κ3) is 5.44. The van der Waals surface area contributed by atoms with E-state index in [4.69, 9.17) is 5.73 Å². The topological polar surface area (TPSA) is 32.5 Å². The van der Waals surface area contributed by atoms with E-state index in [2.05, 4.69) is 47.1 Å². The summed E-state index contributed by atoms with van der Waals surface area (Å²) in [4.78, 5) is 4.85. The molecule has 3 nitrogen and oxygen atoms in total. The molecule has 2 aromatic carbocycles. The summed E-state index contributed by atoms with van der Waals surface area (Å²) in [5.74, 6) is -0.176. The molecule has 0 aromatic heterocycles. The molecule has 3 rings (SSSR count). The summed E-state index contributed by atoms with van der Waals surface area (Å²) in [6.07, 6.45) is 1.63. The van der Waals surface area contributed by atoms with Gasteiger partial charge < -0.3 is 10.6 Å². The minimum absolute atomic E-state index is 0. The van der Waals surface area contributed by atoms with Crippen LogP contribution >= 0.6 is 12.4 Å². The van der Waals surface area contributed by atoms with E-state index in [-0.39, 0.29) is 24.3 Å². The molecule has 26 heavy (non-hydrogen) atoms. The molecule has 0 saturated carbocycles. The molecular weight excluding hydrogens is 349 g/mol. The quantitative estimate of drug-likeness (QED) is 0.829. The fraction of sp³-hybridized carbons (Fsp3) is 0.429. The smallest absolute Gasteiger partial charge is 0.123 e. The van der Waals surface area contributed by atoms with Crippen LogP contribution in [0.3, 0.4) is 0 Å². The second kappa shape index (κ2) is 9.91. The van der Waals surface area contributed by atoms with Crippen molar-refractivity contribution in [2.45, 2.75) is 32.4 Å². The van der Waals surface area contributed by atoms with E-state index in [0.717, 1.165) is 56.8 Å². The van der Waals surface area contributed by atoms with Gasteiger partial charge in [-0.25, -0.2) is 4.39 Å². The minimum Gasteiger partial charge on any atom is -0.369 e. The Hall–Kier alpha value is -1.62. The van der Waals surface area contributed by atoms with Gasteiger partial charge in [-0.2, -0.15) is 0 Å². The first kappa shape index (κ1) is 20.7. The largest absolute Gasteiger partial charge is 0.369 e. The Morgan fingerprint density at radius 1 is 1.04 bits per heavy atom. The first-order valence-electron chi connectivity index (χ1n) is 9.21. The highest BCUT2D eigenvalue weighted by atomic mass is 35.5. The Bertz CT molecular complexity index is 672. The van der Waals surface area contributed by atoms with Crippen LogP contribution in [0.25, 0.3) is 0 Å². The molecule has 0 aliphatic carbocycles. The molecule has 0 radical (unpaired) electrons. The molecule has 0 spiro atoms. The van der Waals surface area contributed by atoms with Crippen LogP contribution in [-0.2, 0) is 13.0 Å². The van der Waals surface area contributed by atoms with E-state index in [1.165, 1.54) is 5.56 Å². The first-order chi connectivity index (χ1) is 12.2. The minimum atomic E-state index is -0.176. The molecule has 1 aliphatic heterocycles. The highest BCUT2D eigenvalue weighted by molar-refractivity contribution is 5.85. The standard InChI is InChI=1S/C21H28FN3.ClH/c1-2-20(23)15-18-14-19(22)8-9-21(18)25-12-10-24(11-13-25)16-17-6-4-3-5-7-17;/h3-9,14,20H,2,10-13,15-16,23H2,1H3;1H. The number of halogens is 2. The number of piperazine rings is 1. The predicted molar refractivity (Wildman–Crippen MR) is 110 cm³/mol. The van der Waals surface area contributed by atoms with Gasteiger partial charge in [-0.1, -0.05) is 37.3 Å². The number of hydrogen-bond acceptors (Lipinski definition) is 3. The maximum atomic E-state index is 13.7. The second-order valence-corrected chi connectivity index (χ2v) is 6.89. The molecule has 2 N–H and O–H groups in total. The summed E-state index contributed by atoms with van der Waals surface area (Å²) in [7, 11) is 0. The molecule has 1 heterocycles. The molecule has 1 unspecified atom stereocenters. The summed E-state index contributed by atoms with van der Waals surface area (Å²) in [6.45, 7) is 7.04. The Labute approximate surface area is 162 Å². The molecule has 1 fully saturated rings. The van der Waals surface area contributed by atoms with Crippen molar-refractivity contribution in [3.05, 3.63) is 65.5 Å². The zero-order valence-electron chi connectivity index (χ0n) is 15.4. The van der Waals surface area contributed by atoms with Crippen LogP contribution in [0, 0.1) is 5.82 Å². The Kier molecular flexibility index (Phi) is 7.88. The molecular formula is C21H29ClFN3. The van der Waals surface area contributed by atoms with Gasteiger partial charge in [0.1, 0.15) is 5.82 Å². The average Bonchev–Trinajstić information content (AvgIpc) is 2.63. The van der Waals surface area contributed by atoms with Crippen molar-refractivity contribution >= 4 is 18.1 Å². The normalized spacial score (nSPS) is 16.2. The molecule has 0 bridgehead atoms. The van der Waals surface area contributed by atoms with Crippen LogP contribution < -0.4 is 10.6 Å². The lowest BCUT2D eigenvalue weighted by Crippen LogP contribution is -2.46. The lowest BCUT2D eigenvalue weighted by Gasteiger charge is -2.37. The van der Waals surface area contributed by atoms with Crippen molar-refractivity contribution < 1.29 is 4.39 Å². The number of rotatable bonds is 6. The second-order valence-electron chi connectivity index (χ2n) is 6.89. The number of anilines is 1. The summed E-state index contributed by atoms with van der Waals surface area (Å²) < 4.78 is 13.7. The number of nitrogens with two attached hydrogens (primary N) is 1. The van der Waals surface area contributed by atoms with Crippen LogP contribution in [-0.4, -0.2) is 37.1 Å². The molecule has 1 atom stereocenters. The number of benzene rings is 2. The molecule has 0 amide bonds. The van der Waals surface area contributed by atoms with E-state index in [1.54, 1.807) is 12.1 Å². The lowest BCUT2D eigenvalue weighted by atomic mass is 10.0. The Morgan fingerprint density at radius 2 is 1.73 bits per heavy atom. The summed E-state index contributed by atoms with van der Waals surface area (Å²) in [5, 5.41) is 0. The first-order valence-corrected chi connectivity index (χ1v) is 9.21. The SMILES string of the molecule is CCC(N)Cc1cc(F)ccc1N1CCN(Cc2ccccc2)CC1.Cl. The fourth-order valence-electron chi connectivity index (χ4n) is 3.44. The molecule has 2 aromatic rings. The van der Waals surface area contributed by atoms with Crippen LogP contribution in [0.5, 0.6) is 0 Å². The van der Waals surface area contributed by atoms with Gasteiger partial charge in [0.05, 0.1) is 0 Å². The van der Waals surface area contributed by atoms with Crippen LogP contribution in [0.4, 0.5) is 10.1 Å². The Balaban J connectivity index is 0.00000243. The highest BCUT2D eigenvalue weighted by Crippen LogP contribution is 2.25. The fourth-order valence-corrected chi connectivity index (χ4v) is 3.44. The number of nitrogens with zero attached hydrogens (tertiary/aromatic N) is 2. The third-order valence-electron chi connectivity index (χ3n) is 5.01. The van der Waals surface area contributed by atoms with Crippen LogP contribution in [0.1, 0.15) is 24.5 Å². The summed E-state index contributed by atoms with van der Waals surface area (Å²) in [5.41, 5.74) is 9.64. The van der Waals surface area contributed by atoms with Gasteiger partial charge in [-0.15, -0.1) is 12.4 Å². The maximum absolute atomic E-state index is 13.7. The third-order valence-corrected chi connectivity index (χ3v) is 5.01. The van der Waals surface area contributed by atoms with Crippen LogP contribution in [0.15, 0.2) is 48.5 Å². The van der Waals surface area contributed by atoms with Crippen molar-refractivity contribution in [2.75, 3.05) is 31.1 Å². The van der Waals surface area contributed by atoms with Gasteiger partial charge in [0.2, 0.25) is 0 Å². The van der Waals surface area contributed by atoms with Gasteiger partial charge in [0.15, 0.2) is 0 Å². The highest BCUT2D eigenvalue weighted by Gasteiger charge is 2.20. The zero-order chi connectivity index (χ0) is 17.6. The molecule has 1 saturated heterocycles. The summed E-state index contributed by atoms with van der Waals surface area (Å²) in [6, 6.07) is 15.8. The van der Waals surface area contributed by atoms with Gasteiger partial charge >= 0.3 is 0 Å². The van der Waals surface area contributed by atoms with E-state index >= 15 is 0 Å². The van der Waals surface area contributed by atoms with Crippen molar-refractivity contribution in [1.82, 2.24) is 4.90 Å². The number of hydrogen-bond donors (Lipinski definition) is 1. The molecule has 5 heteroatoms. The van der Waals surface area contributed by atoms with Crippen molar-refractivity contribution in [3.8, 4) is 0 Å². The maximum Gasteiger partial charge on any atom is 0.123 e. The lowest BCUT2D eigenvalue weighted by molar-refractivity contribution is 0.249. The zero-order valence-corrected chi connectivity index (χ0v) is 16.2. The van der Waals surface area contributed by atoms with Gasteiger partial charge in [0.25, 0.3) is 0 Å². The predicted octanol–water partition coefficient (Wildman–Crippen LogP) is 3.85. The van der Waals surface area contributed by atoms with E-state index in [9.17, 15) is 4.39 Å². The average molecular weight is 378 g/mol. The monoisotopic (exact) mass is 377 g/mol. The molecule has 142 valence electrons. The molecule has 1 aliphatic rings. The van der Waals surface area contributed by atoms with Crippen LogP contribution in [0.2, 0.25) is 0 Å². The Morgan fingerprint density at radius 3 is 2.38 bits per heavy atom. The van der Waals surface area contributed by atoms with Gasteiger partial charge in [-0.3, -0.25) is 4.90 Å². The summed E-state index contributed by atoms with van der Waals surface area (Å²) >= 11 is 0. The van der Waals surface area contributed by atoms with E-state index in [0.29, 0.717) is 0 Å². The van der Waals surface area contributed by atoms with E-state index in [1.807, 2.05) is 6.07 Å². The van der Waals surface area contributed by atoms with E-state index < -0.39 is 0 Å². The van der Waals surface area contributed by atoms with Gasteiger partial charge in [0, 0.05) is 44.5 Å². The van der Waals surface area contributed by atoms with Crippen molar-refractivity contribution in [3.63, 3.8) is 0 Å². The van der Waals surface area contributed by atoms with Crippen molar-refractivity contribution in [2.24, 2.45) is 5.73 Å². The van der Waals surface area contributed by atoms with Crippen molar-refractivity contribution in [1.29, 1.82) is 0 Å². The van der Waals surface area contributed by atoms with Gasteiger partial charge in [-0.05, 0) is 42.2 Å².